The van der Waals surface area contributed by atoms with Gasteiger partial charge in [-0.05, 0) is 18.8 Å². The lowest BCUT2D eigenvalue weighted by Gasteiger charge is -2.31. The molecule has 0 aromatic heterocycles. The van der Waals surface area contributed by atoms with Gasteiger partial charge in [-0.2, -0.15) is 0 Å². The van der Waals surface area contributed by atoms with Crippen LogP contribution in [0.15, 0.2) is 0 Å². The normalized spacial score (nSPS) is 20.4. The largest absolute Gasteiger partial charge is 0.380 e. The number of nitrogens with zero attached hydrogens (tertiary/aromatic N) is 1. The lowest BCUT2D eigenvalue weighted by molar-refractivity contribution is -0.145. The highest BCUT2D eigenvalue weighted by Crippen LogP contribution is 2.05. The molecule has 5 nitrogen and oxygen atoms in total. The summed E-state index contributed by atoms with van der Waals surface area (Å²) >= 11 is 0. The van der Waals surface area contributed by atoms with Crippen LogP contribution in [0.25, 0.3) is 0 Å². The van der Waals surface area contributed by atoms with Crippen molar-refractivity contribution in [2.75, 3.05) is 26.3 Å². The molecule has 1 saturated heterocycles. The van der Waals surface area contributed by atoms with E-state index in [4.69, 9.17) is 4.74 Å². The van der Waals surface area contributed by atoms with Gasteiger partial charge in [-0.25, -0.2) is 0 Å². The van der Waals surface area contributed by atoms with E-state index < -0.39 is 0 Å². The summed E-state index contributed by atoms with van der Waals surface area (Å²) in [6.07, 6.45) is 1.65. The zero-order valence-electron chi connectivity index (χ0n) is 11.6. The van der Waals surface area contributed by atoms with E-state index in [0.717, 1.165) is 6.42 Å². The minimum absolute atomic E-state index is 0.00422. The molecule has 2 amide bonds. The Morgan fingerprint density at radius 1 is 1.39 bits per heavy atom. The molecule has 0 bridgehead atoms. The number of carbonyl (C=O) groups is 2. The molecule has 5 heteroatoms. The second-order valence-electron chi connectivity index (χ2n) is 5.08. The maximum Gasteiger partial charge on any atom is 0.245 e. The third-order valence-corrected chi connectivity index (χ3v) is 3.03. The first-order valence-electron chi connectivity index (χ1n) is 6.70. The van der Waals surface area contributed by atoms with Gasteiger partial charge in [0.1, 0.15) is 6.04 Å². The third kappa shape index (κ3) is 4.64. The predicted octanol–water partition coefficient (Wildman–Crippen LogP) is 0.786. The Kier molecular flexibility index (Phi) is 6.12. The summed E-state index contributed by atoms with van der Waals surface area (Å²) < 4.78 is 5.47. The molecular formula is C13H24N2O3. The standard InChI is InChI=1S/C13H24N2O3/c1-4-11-13(17)15(9-12(16)14-11)6-8-18-7-5-10(2)3/h10-11H,4-9H2,1-3H3,(H,14,16). The Labute approximate surface area is 109 Å². The molecule has 18 heavy (non-hydrogen) atoms. The molecule has 1 rings (SSSR count). The molecular weight excluding hydrogens is 232 g/mol. The molecule has 1 atom stereocenters. The van der Waals surface area contributed by atoms with Gasteiger partial charge in [0.25, 0.3) is 0 Å². The minimum Gasteiger partial charge on any atom is -0.380 e. The predicted molar refractivity (Wildman–Crippen MR) is 69.1 cm³/mol. The molecule has 0 saturated carbocycles. The molecule has 0 spiro atoms. The first kappa shape index (κ1) is 15.0. The zero-order chi connectivity index (χ0) is 13.5. The van der Waals surface area contributed by atoms with Gasteiger partial charge >= 0.3 is 0 Å². The van der Waals surface area contributed by atoms with Gasteiger partial charge in [0.15, 0.2) is 0 Å². The Morgan fingerprint density at radius 2 is 2.11 bits per heavy atom. The van der Waals surface area contributed by atoms with Crippen molar-refractivity contribution in [2.24, 2.45) is 5.92 Å². The van der Waals surface area contributed by atoms with Crippen molar-refractivity contribution in [2.45, 2.75) is 39.7 Å². The number of nitrogens with one attached hydrogen (secondary N) is 1. The van der Waals surface area contributed by atoms with Crippen LogP contribution in [0.3, 0.4) is 0 Å². The maximum absolute atomic E-state index is 11.9. The molecule has 0 aromatic carbocycles. The monoisotopic (exact) mass is 256 g/mol. The molecule has 1 aliphatic heterocycles. The van der Waals surface area contributed by atoms with E-state index in [-0.39, 0.29) is 24.4 Å². The van der Waals surface area contributed by atoms with Crippen LogP contribution in [0.2, 0.25) is 0 Å². The first-order valence-corrected chi connectivity index (χ1v) is 6.70. The van der Waals surface area contributed by atoms with Crippen LogP contribution in [0.1, 0.15) is 33.6 Å². The molecule has 1 aliphatic rings. The second-order valence-corrected chi connectivity index (χ2v) is 5.08. The molecule has 1 fully saturated rings. The average Bonchev–Trinajstić information content (AvgIpc) is 2.32. The van der Waals surface area contributed by atoms with E-state index in [2.05, 4.69) is 19.2 Å². The summed E-state index contributed by atoms with van der Waals surface area (Å²) in [5.74, 6) is 0.546. The smallest absolute Gasteiger partial charge is 0.245 e. The molecule has 0 aromatic rings. The highest BCUT2D eigenvalue weighted by molar-refractivity contribution is 5.94. The lowest BCUT2D eigenvalue weighted by atomic mass is 10.1. The topological polar surface area (TPSA) is 58.6 Å². The fourth-order valence-corrected chi connectivity index (χ4v) is 1.84. The number of amides is 2. The Balaban J connectivity index is 2.27. The van der Waals surface area contributed by atoms with Crippen molar-refractivity contribution in [1.82, 2.24) is 10.2 Å². The van der Waals surface area contributed by atoms with Crippen molar-refractivity contribution in [1.29, 1.82) is 0 Å². The van der Waals surface area contributed by atoms with E-state index in [1.54, 1.807) is 4.90 Å². The zero-order valence-corrected chi connectivity index (χ0v) is 11.6. The van der Waals surface area contributed by atoms with Crippen molar-refractivity contribution < 1.29 is 14.3 Å². The van der Waals surface area contributed by atoms with Gasteiger partial charge in [0.2, 0.25) is 11.8 Å². The Morgan fingerprint density at radius 3 is 2.72 bits per heavy atom. The van der Waals surface area contributed by atoms with Gasteiger partial charge in [-0.1, -0.05) is 20.8 Å². The fourth-order valence-electron chi connectivity index (χ4n) is 1.84. The molecule has 0 aliphatic carbocycles. The number of piperazine rings is 1. The molecule has 1 N–H and O–H groups in total. The van der Waals surface area contributed by atoms with Crippen molar-refractivity contribution >= 4 is 11.8 Å². The summed E-state index contributed by atoms with van der Waals surface area (Å²) in [5, 5.41) is 2.69. The van der Waals surface area contributed by atoms with Crippen molar-refractivity contribution in [3.05, 3.63) is 0 Å². The number of carbonyl (C=O) groups excluding carboxylic acids is 2. The summed E-state index contributed by atoms with van der Waals surface area (Å²) in [7, 11) is 0. The van der Waals surface area contributed by atoms with E-state index in [9.17, 15) is 9.59 Å². The summed E-state index contributed by atoms with van der Waals surface area (Å²) in [4.78, 5) is 24.9. The maximum atomic E-state index is 11.9. The van der Waals surface area contributed by atoms with Crippen molar-refractivity contribution in [3.8, 4) is 0 Å². The van der Waals surface area contributed by atoms with E-state index >= 15 is 0 Å². The highest BCUT2D eigenvalue weighted by atomic mass is 16.5. The summed E-state index contributed by atoms with van der Waals surface area (Å²) in [6, 6.07) is -0.359. The van der Waals surface area contributed by atoms with Crippen LogP contribution in [-0.4, -0.2) is 49.1 Å². The molecule has 104 valence electrons. The number of hydrogen-bond donors (Lipinski definition) is 1. The van der Waals surface area contributed by atoms with Crippen LogP contribution in [0.4, 0.5) is 0 Å². The number of ether oxygens (including phenoxy) is 1. The second kappa shape index (κ2) is 7.36. The van der Waals surface area contributed by atoms with E-state index in [1.165, 1.54) is 0 Å². The number of rotatable bonds is 7. The number of hydrogen-bond acceptors (Lipinski definition) is 3. The van der Waals surface area contributed by atoms with E-state index in [1.807, 2.05) is 6.92 Å². The Bertz CT molecular complexity index is 292. The van der Waals surface area contributed by atoms with Gasteiger partial charge < -0.3 is 15.0 Å². The first-order chi connectivity index (χ1) is 8.54. The third-order valence-electron chi connectivity index (χ3n) is 3.03. The summed E-state index contributed by atoms with van der Waals surface area (Å²) in [6.45, 7) is 8.06. The van der Waals surface area contributed by atoms with Crippen LogP contribution in [0.5, 0.6) is 0 Å². The van der Waals surface area contributed by atoms with Crippen LogP contribution >= 0.6 is 0 Å². The average molecular weight is 256 g/mol. The lowest BCUT2D eigenvalue weighted by Crippen LogP contribution is -2.58. The molecule has 0 radical (unpaired) electrons. The molecule has 1 heterocycles. The SMILES string of the molecule is CCC1NC(=O)CN(CCOCCC(C)C)C1=O. The van der Waals surface area contributed by atoms with Gasteiger partial charge in [0, 0.05) is 13.2 Å². The fraction of sp³-hybridized carbons (Fsp3) is 0.846. The minimum atomic E-state index is -0.359. The van der Waals surface area contributed by atoms with Gasteiger partial charge in [0.05, 0.1) is 13.2 Å². The quantitative estimate of drug-likeness (QED) is 0.685. The van der Waals surface area contributed by atoms with Gasteiger partial charge in [-0.3, -0.25) is 9.59 Å². The van der Waals surface area contributed by atoms with Crippen LogP contribution in [-0.2, 0) is 14.3 Å². The summed E-state index contributed by atoms with van der Waals surface area (Å²) in [5.41, 5.74) is 0. The Hall–Kier alpha value is -1.10. The van der Waals surface area contributed by atoms with E-state index in [0.29, 0.717) is 32.1 Å². The van der Waals surface area contributed by atoms with Gasteiger partial charge in [-0.15, -0.1) is 0 Å². The van der Waals surface area contributed by atoms with Crippen LogP contribution < -0.4 is 5.32 Å². The highest BCUT2D eigenvalue weighted by Gasteiger charge is 2.30. The van der Waals surface area contributed by atoms with Crippen LogP contribution in [0, 0.1) is 5.92 Å². The molecule has 1 unspecified atom stereocenters. The van der Waals surface area contributed by atoms with Crippen molar-refractivity contribution in [3.63, 3.8) is 0 Å².